The molecule has 2 aromatic carbocycles. The number of benzene rings is 2. The molecular formula is C18H19NOS. The van der Waals surface area contributed by atoms with Crippen LogP contribution in [0.5, 0.6) is 11.5 Å². The van der Waals surface area contributed by atoms with E-state index in [0.29, 0.717) is 4.75 Å². The molecule has 0 spiro atoms. The van der Waals surface area contributed by atoms with Crippen LogP contribution < -0.4 is 10.1 Å². The number of hydrogen-bond acceptors (Lipinski definition) is 3. The molecule has 3 heteroatoms. The molecule has 0 aromatic heterocycles. The molecule has 0 radical (unpaired) electrons. The van der Waals surface area contributed by atoms with Crippen molar-refractivity contribution in [2.45, 2.75) is 23.6 Å². The molecular weight excluding hydrogens is 278 g/mol. The van der Waals surface area contributed by atoms with E-state index in [4.69, 9.17) is 4.74 Å². The Morgan fingerprint density at radius 3 is 2.14 bits per heavy atom. The van der Waals surface area contributed by atoms with E-state index < -0.39 is 0 Å². The summed E-state index contributed by atoms with van der Waals surface area (Å²) in [6.07, 6.45) is 4.88. The van der Waals surface area contributed by atoms with Crippen molar-refractivity contribution in [3.05, 3.63) is 59.7 Å². The van der Waals surface area contributed by atoms with Crippen molar-refractivity contribution < 1.29 is 4.74 Å². The fourth-order valence-electron chi connectivity index (χ4n) is 3.01. The predicted molar refractivity (Wildman–Crippen MR) is 88.3 cm³/mol. The predicted octanol–water partition coefficient (Wildman–Crippen LogP) is 4.37. The third-order valence-corrected chi connectivity index (χ3v) is 5.97. The van der Waals surface area contributed by atoms with Gasteiger partial charge in [0.15, 0.2) is 0 Å². The van der Waals surface area contributed by atoms with Crippen molar-refractivity contribution in [3.63, 3.8) is 0 Å². The summed E-state index contributed by atoms with van der Waals surface area (Å²) < 4.78 is 6.50. The molecule has 0 bridgehead atoms. The topological polar surface area (TPSA) is 21.3 Å². The zero-order chi connectivity index (χ0) is 14.3. The standard InChI is InChI=1S/C18H19NOS/c1-21-18(10-11-18)12-19-17-13-6-2-4-8-15(13)20-16-9-5-3-7-14(16)17/h2-9,17,19H,10-12H2,1H3. The molecule has 0 saturated heterocycles. The van der Waals surface area contributed by atoms with E-state index in [1.165, 1.54) is 24.0 Å². The summed E-state index contributed by atoms with van der Waals surface area (Å²) >= 11 is 2.00. The SMILES string of the molecule is CSC1(CNC2c3ccccc3Oc3ccccc32)CC1. The molecule has 1 aliphatic heterocycles. The van der Waals surface area contributed by atoms with Crippen LogP contribution in [-0.4, -0.2) is 17.5 Å². The average Bonchev–Trinajstić information content (AvgIpc) is 3.32. The minimum Gasteiger partial charge on any atom is -0.457 e. The Bertz CT molecular complexity index is 620. The first-order valence-electron chi connectivity index (χ1n) is 7.46. The lowest BCUT2D eigenvalue weighted by atomic mass is 9.94. The maximum atomic E-state index is 6.04. The van der Waals surface area contributed by atoms with Crippen LogP contribution in [0.25, 0.3) is 0 Å². The summed E-state index contributed by atoms with van der Waals surface area (Å²) in [4.78, 5) is 0. The number of para-hydroxylation sites is 2. The summed E-state index contributed by atoms with van der Waals surface area (Å²) in [5.41, 5.74) is 2.49. The van der Waals surface area contributed by atoms with Crippen LogP contribution >= 0.6 is 11.8 Å². The van der Waals surface area contributed by atoms with Crippen LogP contribution in [0.3, 0.4) is 0 Å². The average molecular weight is 297 g/mol. The van der Waals surface area contributed by atoms with Gasteiger partial charge in [-0.25, -0.2) is 0 Å². The second-order valence-corrected chi connectivity index (χ2v) is 7.15. The van der Waals surface area contributed by atoms with Gasteiger partial charge in [0, 0.05) is 22.4 Å². The fraction of sp³-hybridized carbons (Fsp3) is 0.333. The molecule has 2 aromatic rings. The van der Waals surface area contributed by atoms with Gasteiger partial charge in [-0.05, 0) is 31.2 Å². The van der Waals surface area contributed by atoms with Crippen LogP contribution in [0.15, 0.2) is 48.5 Å². The summed E-state index contributed by atoms with van der Waals surface area (Å²) in [5, 5.41) is 3.79. The van der Waals surface area contributed by atoms with E-state index in [9.17, 15) is 0 Å². The molecule has 2 aliphatic rings. The second-order valence-electron chi connectivity index (χ2n) is 5.88. The van der Waals surface area contributed by atoms with Gasteiger partial charge < -0.3 is 10.1 Å². The van der Waals surface area contributed by atoms with Crippen LogP contribution in [0.4, 0.5) is 0 Å². The summed E-state index contributed by atoms with van der Waals surface area (Å²) in [6, 6.07) is 16.9. The maximum Gasteiger partial charge on any atom is 0.132 e. The van der Waals surface area contributed by atoms with Crippen molar-refractivity contribution in [2.75, 3.05) is 12.8 Å². The number of rotatable bonds is 4. The smallest absolute Gasteiger partial charge is 0.132 e. The minimum atomic E-state index is 0.232. The normalized spacial score (nSPS) is 18.5. The molecule has 4 rings (SSSR count). The number of fused-ring (bicyclic) bond motifs is 2. The molecule has 0 unspecified atom stereocenters. The third kappa shape index (κ3) is 2.34. The quantitative estimate of drug-likeness (QED) is 0.905. The molecule has 2 nitrogen and oxygen atoms in total. The third-order valence-electron chi connectivity index (χ3n) is 4.55. The number of thioether (sulfide) groups is 1. The summed E-state index contributed by atoms with van der Waals surface area (Å²) in [7, 11) is 0. The van der Waals surface area contributed by atoms with E-state index in [1.807, 2.05) is 23.9 Å². The Balaban J connectivity index is 1.68. The highest BCUT2D eigenvalue weighted by Crippen LogP contribution is 2.48. The molecule has 0 atom stereocenters. The van der Waals surface area contributed by atoms with E-state index in [1.54, 1.807) is 0 Å². The number of nitrogens with one attached hydrogen (secondary N) is 1. The van der Waals surface area contributed by atoms with Crippen molar-refractivity contribution in [3.8, 4) is 11.5 Å². The first kappa shape index (κ1) is 13.2. The highest BCUT2D eigenvalue weighted by molar-refractivity contribution is 8.00. The highest BCUT2D eigenvalue weighted by Gasteiger charge is 2.42. The lowest BCUT2D eigenvalue weighted by Crippen LogP contribution is -2.32. The summed E-state index contributed by atoms with van der Waals surface area (Å²) in [5.74, 6) is 1.95. The van der Waals surface area contributed by atoms with Gasteiger partial charge in [-0.1, -0.05) is 36.4 Å². The first-order valence-corrected chi connectivity index (χ1v) is 8.68. The molecule has 1 aliphatic carbocycles. The number of ether oxygens (including phenoxy) is 1. The highest BCUT2D eigenvalue weighted by atomic mass is 32.2. The summed E-state index contributed by atoms with van der Waals surface area (Å²) in [6.45, 7) is 1.06. The lowest BCUT2D eigenvalue weighted by molar-refractivity contribution is 0.427. The van der Waals surface area contributed by atoms with Crippen molar-refractivity contribution >= 4 is 11.8 Å². The van der Waals surface area contributed by atoms with Gasteiger partial charge in [0.1, 0.15) is 11.5 Å². The van der Waals surface area contributed by atoms with Gasteiger partial charge in [0.2, 0.25) is 0 Å². The van der Waals surface area contributed by atoms with E-state index in [2.05, 4.69) is 48.0 Å². The van der Waals surface area contributed by atoms with Gasteiger partial charge in [0.05, 0.1) is 6.04 Å². The zero-order valence-corrected chi connectivity index (χ0v) is 13.0. The largest absolute Gasteiger partial charge is 0.457 e. The van der Waals surface area contributed by atoms with Crippen molar-refractivity contribution in [1.29, 1.82) is 0 Å². The van der Waals surface area contributed by atoms with E-state index >= 15 is 0 Å². The van der Waals surface area contributed by atoms with Crippen molar-refractivity contribution in [2.24, 2.45) is 0 Å². The van der Waals surface area contributed by atoms with E-state index in [-0.39, 0.29) is 6.04 Å². The van der Waals surface area contributed by atoms with Gasteiger partial charge in [0.25, 0.3) is 0 Å². The second kappa shape index (κ2) is 5.08. The Morgan fingerprint density at radius 2 is 1.62 bits per heavy atom. The molecule has 1 N–H and O–H groups in total. The fourth-order valence-corrected chi connectivity index (χ4v) is 3.75. The maximum absolute atomic E-state index is 6.04. The molecule has 21 heavy (non-hydrogen) atoms. The van der Waals surface area contributed by atoms with Crippen LogP contribution in [-0.2, 0) is 0 Å². The molecule has 0 amide bonds. The molecule has 1 saturated carbocycles. The Labute approximate surface area is 129 Å². The zero-order valence-electron chi connectivity index (χ0n) is 12.1. The first-order chi connectivity index (χ1) is 10.3. The van der Waals surface area contributed by atoms with Crippen molar-refractivity contribution in [1.82, 2.24) is 5.32 Å². The molecule has 1 fully saturated rings. The Morgan fingerprint density at radius 1 is 1.05 bits per heavy atom. The molecule has 1 heterocycles. The monoisotopic (exact) mass is 297 g/mol. The number of hydrogen-bond donors (Lipinski definition) is 1. The van der Waals surface area contributed by atoms with Crippen LogP contribution in [0.2, 0.25) is 0 Å². The van der Waals surface area contributed by atoms with Gasteiger partial charge >= 0.3 is 0 Å². The van der Waals surface area contributed by atoms with Gasteiger partial charge in [-0.15, -0.1) is 0 Å². The Kier molecular flexibility index (Phi) is 3.20. The molecule has 108 valence electrons. The van der Waals surface area contributed by atoms with Gasteiger partial charge in [-0.2, -0.15) is 11.8 Å². The van der Waals surface area contributed by atoms with Crippen LogP contribution in [0.1, 0.15) is 30.0 Å². The lowest BCUT2D eigenvalue weighted by Gasteiger charge is -2.30. The Hall–Kier alpha value is -1.45. The van der Waals surface area contributed by atoms with E-state index in [0.717, 1.165) is 18.0 Å². The minimum absolute atomic E-state index is 0.232. The van der Waals surface area contributed by atoms with Crippen LogP contribution in [0, 0.1) is 0 Å². The van der Waals surface area contributed by atoms with Gasteiger partial charge in [-0.3, -0.25) is 0 Å².